The first-order chi connectivity index (χ1) is 14.7. The van der Waals surface area contributed by atoms with Gasteiger partial charge in [-0.1, -0.05) is 48.5 Å². The number of rotatable bonds is 7. The molecule has 0 spiro atoms. The van der Waals surface area contributed by atoms with Crippen molar-refractivity contribution in [1.29, 1.82) is 0 Å². The highest BCUT2D eigenvalue weighted by atomic mass is 16.7. The van der Waals surface area contributed by atoms with Gasteiger partial charge in [0.25, 0.3) is 0 Å². The van der Waals surface area contributed by atoms with Gasteiger partial charge in [-0.25, -0.2) is 4.79 Å². The monoisotopic (exact) mass is 422 g/mol. The molecule has 2 aromatic carbocycles. The fraction of sp³-hybridized carbons (Fsp3) is 0.375. The second-order valence-electron chi connectivity index (χ2n) is 8.59. The van der Waals surface area contributed by atoms with Crippen molar-refractivity contribution in [3.8, 4) is 0 Å². The van der Waals surface area contributed by atoms with Gasteiger partial charge in [0.15, 0.2) is 0 Å². The van der Waals surface area contributed by atoms with Crippen molar-refractivity contribution in [3.63, 3.8) is 0 Å². The van der Waals surface area contributed by atoms with E-state index in [1.807, 2.05) is 95.4 Å². The molecule has 31 heavy (non-hydrogen) atoms. The molecule has 0 aromatic heterocycles. The summed E-state index contributed by atoms with van der Waals surface area (Å²) in [5.74, 6) is 0. The van der Waals surface area contributed by atoms with Crippen LogP contribution in [0.4, 0.5) is 10.5 Å². The normalized spacial score (nSPS) is 17.3. The number of nitrogens with one attached hydrogen (secondary N) is 2. The first-order valence-electron chi connectivity index (χ1n) is 10.5. The van der Waals surface area contributed by atoms with Crippen LogP contribution in [0.15, 0.2) is 60.1 Å². The van der Waals surface area contributed by atoms with Gasteiger partial charge >= 0.3 is 13.2 Å². The van der Waals surface area contributed by atoms with Crippen LogP contribution in [0.5, 0.6) is 0 Å². The Hall–Kier alpha value is -2.77. The lowest BCUT2D eigenvalue weighted by Crippen LogP contribution is -2.41. The largest absolute Gasteiger partial charge is 0.492 e. The van der Waals surface area contributed by atoms with E-state index in [0.29, 0.717) is 0 Å². The molecule has 1 fully saturated rings. The molecule has 0 bridgehead atoms. The first-order valence-corrected chi connectivity index (χ1v) is 10.5. The molecule has 1 aliphatic rings. The Bertz CT molecular complexity index is 895. The van der Waals surface area contributed by atoms with Crippen molar-refractivity contribution in [3.05, 3.63) is 71.2 Å². The topological polar surface area (TPSA) is 68.8 Å². The maximum absolute atomic E-state index is 12.3. The number of amides is 1. The summed E-state index contributed by atoms with van der Waals surface area (Å²) >= 11 is 0. The Morgan fingerprint density at radius 3 is 2.19 bits per heavy atom. The number of carbonyl (C=O) groups is 1. The zero-order valence-corrected chi connectivity index (χ0v) is 18.9. The van der Waals surface area contributed by atoms with Crippen LogP contribution in [-0.4, -0.2) is 38.0 Å². The summed E-state index contributed by atoms with van der Waals surface area (Å²) in [7, 11) is 1.31. The number of anilines is 1. The Kier molecular flexibility index (Phi) is 7.08. The molecule has 7 heteroatoms. The molecule has 2 aromatic rings. The van der Waals surface area contributed by atoms with Crippen molar-refractivity contribution in [1.82, 2.24) is 5.32 Å². The van der Waals surface area contributed by atoms with E-state index in [-0.39, 0.29) is 13.2 Å². The van der Waals surface area contributed by atoms with Crippen LogP contribution in [0.1, 0.15) is 38.8 Å². The zero-order chi connectivity index (χ0) is 22.5. The predicted octanol–water partition coefficient (Wildman–Crippen LogP) is 4.67. The SMILES string of the molecule is CNc1ccc(C=C(CNC(=O)OCc2ccccc2)B2OC(C)(C)C(C)(C)O2)cc1. The Morgan fingerprint density at radius 2 is 1.61 bits per heavy atom. The van der Waals surface area contributed by atoms with Crippen LogP contribution < -0.4 is 10.6 Å². The van der Waals surface area contributed by atoms with Crippen molar-refractivity contribution < 1.29 is 18.8 Å². The standard InChI is InChI=1S/C24H31BN2O4/c1-23(2)24(3,4)31-25(30-23)20(15-18-11-13-21(26-5)14-12-18)16-27-22(28)29-17-19-9-7-6-8-10-19/h6-15,26H,16-17H2,1-5H3,(H,27,28). The van der Waals surface area contributed by atoms with E-state index in [9.17, 15) is 4.79 Å². The summed E-state index contributed by atoms with van der Waals surface area (Å²) in [6.07, 6.45) is 1.50. The van der Waals surface area contributed by atoms with E-state index in [0.717, 1.165) is 22.3 Å². The molecule has 1 saturated heterocycles. The average Bonchev–Trinajstić information content (AvgIpc) is 2.97. The molecular weight excluding hydrogens is 391 g/mol. The minimum atomic E-state index is -0.566. The first kappa shape index (κ1) is 22.9. The minimum absolute atomic E-state index is 0.216. The van der Waals surface area contributed by atoms with Gasteiger partial charge in [0, 0.05) is 19.3 Å². The highest BCUT2D eigenvalue weighted by Crippen LogP contribution is 2.38. The minimum Gasteiger partial charge on any atom is -0.445 e. The number of carbonyl (C=O) groups excluding carboxylic acids is 1. The number of alkyl carbamates (subject to hydrolysis) is 1. The van der Waals surface area contributed by atoms with Gasteiger partial charge in [-0.2, -0.15) is 0 Å². The van der Waals surface area contributed by atoms with E-state index < -0.39 is 24.4 Å². The Morgan fingerprint density at radius 1 is 1.00 bits per heavy atom. The van der Waals surface area contributed by atoms with Gasteiger partial charge < -0.3 is 24.7 Å². The molecule has 0 atom stereocenters. The van der Waals surface area contributed by atoms with Gasteiger partial charge in [0.2, 0.25) is 0 Å². The van der Waals surface area contributed by atoms with Crippen LogP contribution in [0.25, 0.3) is 6.08 Å². The quantitative estimate of drug-likeness (QED) is 0.635. The lowest BCUT2D eigenvalue weighted by molar-refractivity contribution is 0.00578. The molecular formula is C24H31BN2O4. The number of hydrogen-bond acceptors (Lipinski definition) is 5. The summed E-state index contributed by atoms with van der Waals surface area (Å²) in [6.45, 7) is 8.50. The third kappa shape index (κ3) is 5.90. The van der Waals surface area contributed by atoms with E-state index in [4.69, 9.17) is 14.0 Å². The second-order valence-corrected chi connectivity index (χ2v) is 8.59. The average molecular weight is 422 g/mol. The summed E-state index contributed by atoms with van der Waals surface area (Å²) in [5.41, 5.74) is 2.82. The van der Waals surface area contributed by atoms with Gasteiger partial charge in [-0.15, -0.1) is 0 Å². The third-order valence-electron chi connectivity index (χ3n) is 5.76. The van der Waals surface area contributed by atoms with E-state index >= 15 is 0 Å². The van der Waals surface area contributed by atoms with Gasteiger partial charge in [-0.05, 0) is 56.4 Å². The molecule has 1 heterocycles. The fourth-order valence-electron chi connectivity index (χ4n) is 3.11. The highest BCUT2D eigenvalue weighted by molar-refractivity contribution is 6.56. The van der Waals surface area contributed by atoms with Crippen molar-refractivity contribution in [2.24, 2.45) is 0 Å². The smallest absolute Gasteiger partial charge is 0.445 e. The predicted molar refractivity (Wildman–Crippen MR) is 125 cm³/mol. The molecule has 3 rings (SSSR count). The van der Waals surface area contributed by atoms with Crippen molar-refractivity contribution >= 4 is 25.0 Å². The van der Waals surface area contributed by atoms with E-state index in [1.54, 1.807) is 0 Å². The van der Waals surface area contributed by atoms with E-state index in [2.05, 4.69) is 10.6 Å². The molecule has 1 amide bonds. The fourth-order valence-corrected chi connectivity index (χ4v) is 3.11. The molecule has 164 valence electrons. The maximum Gasteiger partial charge on any atom is 0.492 e. The van der Waals surface area contributed by atoms with Gasteiger partial charge in [-0.3, -0.25) is 0 Å². The zero-order valence-electron chi connectivity index (χ0n) is 18.9. The third-order valence-corrected chi connectivity index (χ3v) is 5.76. The summed E-state index contributed by atoms with van der Waals surface area (Å²) in [5, 5.41) is 5.93. The molecule has 6 nitrogen and oxygen atoms in total. The van der Waals surface area contributed by atoms with Crippen LogP contribution in [0.2, 0.25) is 0 Å². The Balaban J connectivity index is 1.71. The lowest BCUT2D eigenvalue weighted by atomic mass is 9.77. The van der Waals surface area contributed by atoms with Crippen LogP contribution in [0, 0.1) is 0 Å². The number of ether oxygens (including phenoxy) is 1. The number of hydrogen-bond donors (Lipinski definition) is 2. The lowest BCUT2D eigenvalue weighted by Gasteiger charge is -2.32. The molecule has 0 radical (unpaired) electrons. The van der Waals surface area contributed by atoms with Crippen LogP contribution in [-0.2, 0) is 20.7 Å². The molecule has 0 aliphatic carbocycles. The van der Waals surface area contributed by atoms with Crippen molar-refractivity contribution in [2.45, 2.75) is 45.5 Å². The summed E-state index contributed by atoms with van der Waals surface area (Å²) in [4.78, 5) is 12.3. The van der Waals surface area contributed by atoms with Crippen molar-refractivity contribution in [2.75, 3.05) is 18.9 Å². The summed E-state index contributed by atoms with van der Waals surface area (Å²) < 4.78 is 17.8. The molecule has 2 N–H and O–H groups in total. The van der Waals surface area contributed by atoms with E-state index in [1.165, 1.54) is 0 Å². The summed E-state index contributed by atoms with van der Waals surface area (Å²) in [6, 6.07) is 17.6. The second kappa shape index (κ2) is 9.58. The maximum atomic E-state index is 12.3. The molecule has 1 aliphatic heterocycles. The van der Waals surface area contributed by atoms with Gasteiger partial charge in [0.1, 0.15) is 6.61 Å². The Labute approximate surface area is 185 Å². The molecule has 0 unspecified atom stereocenters. The molecule has 0 saturated carbocycles. The van der Waals surface area contributed by atoms with Crippen LogP contribution >= 0.6 is 0 Å². The highest BCUT2D eigenvalue weighted by Gasteiger charge is 2.52. The van der Waals surface area contributed by atoms with Crippen LogP contribution in [0.3, 0.4) is 0 Å². The van der Waals surface area contributed by atoms with Gasteiger partial charge in [0.05, 0.1) is 11.2 Å². The number of benzene rings is 2.